The minimum atomic E-state index is -0.0942. The summed E-state index contributed by atoms with van der Waals surface area (Å²) >= 11 is 0. The Hall–Kier alpha value is -3.67. The van der Waals surface area contributed by atoms with Crippen LogP contribution in [-0.4, -0.2) is 25.5 Å². The summed E-state index contributed by atoms with van der Waals surface area (Å²) < 4.78 is 3.90. The molecule has 0 radical (unpaired) electrons. The van der Waals surface area contributed by atoms with Crippen LogP contribution in [0.25, 0.3) is 0 Å². The van der Waals surface area contributed by atoms with Crippen molar-refractivity contribution in [2.24, 2.45) is 0 Å². The van der Waals surface area contributed by atoms with Gasteiger partial charge in [-0.05, 0) is 50.5 Å². The van der Waals surface area contributed by atoms with E-state index in [1.54, 1.807) is 0 Å². The monoisotopic (exact) mass is 427 g/mol. The molecule has 0 fully saturated rings. The molecule has 0 spiro atoms. The second-order valence-corrected chi connectivity index (χ2v) is 8.28. The minimum Gasteiger partial charge on any atom is -0.348 e. The van der Waals surface area contributed by atoms with Crippen LogP contribution in [0, 0.1) is 27.7 Å². The third-order valence-electron chi connectivity index (χ3n) is 5.66. The van der Waals surface area contributed by atoms with Gasteiger partial charge in [0.1, 0.15) is 0 Å². The molecule has 32 heavy (non-hydrogen) atoms. The number of benzene rings is 2. The number of aromatic nitrogens is 4. The summed E-state index contributed by atoms with van der Waals surface area (Å²) in [5.41, 5.74) is 7.81. The summed E-state index contributed by atoms with van der Waals surface area (Å²) in [7, 11) is 0. The van der Waals surface area contributed by atoms with E-state index in [2.05, 4.69) is 52.8 Å². The number of carbonyl (C=O) groups excluding carboxylic acids is 1. The quantitative estimate of drug-likeness (QED) is 0.477. The summed E-state index contributed by atoms with van der Waals surface area (Å²) in [5, 5.41) is 12.2. The van der Waals surface area contributed by atoms with Crippen LogP contribution in [0.1, 0.15) is 49.8 Å². The highest BCUT2D eigenvalue weighted by molar-refractivity contribution is 5.96. The van der Waals surface area contributed by atoms with E-state index in [0.29, 0.717) is 25.2 Å². The Bertz CT molecular complexity index is 1240. The summed E-state index contributed by atoms with van der Waals surface area (Å²) in [4.78, 5) is 13.0. The zero-order chi connectivity index (χ0) is 22.7. The zero-order valence-electron chi connectivity index (χ0n) is 19.1. The lowest BCUT2D eigenvalue weighted by molar-refractivity contribution is 0.0949. The molecule has 2 aromatic carbocycles. The number of hydrogen-bond acceptors (Lipinski definition) is 3. The van der Waals surface area contributed by atoms with Crippen LogP contribution in [0.15, 0.2) is 60.7 Å². The second-order valence-electron chi connectivity index (χ2n) is 8.28. The maximum absolute atomic E-state index is 13.0. The van der Waals surface area contributed by atoms with Gasteiger partial charge in [0.05, 0.1) is 30.0 Å². The second kappa shape index (κ2) is 9.22. The van der Waals surface area contributed by atoms with E-state index in [0.717, 1.165) is 39.5 Å². The van der Waals surface area contributed by atoms with Gasteiger partial charge < -0.3 is 5.32 Å². The molecule has 0 atom stereocenters. The lowest BCUT2D eigenvalue weighted by Gasteiger charge is -2.09. The van der Waals surface area contributed by atoms with E-state index in [1.807, 2.05) is 60.5 Å². The molecule has 0 aliphatic carbocycles. The topological polar surface area (TPSA) is 64.7 Å². The lowest BCUT2D eigenvalue weighted by Crippen LogP contribution is -2.24. The van der Waals surface area contributed by atoms with Crippen molar-refractivity contribution >= 4 is 5.91 Å². The normalized spacial score (nSPS) is 11.0. The Balaban J connectivity index is 1.43. The van der Waals surface area contributed by atoms with Crippen molar-refractivity contribution in [1.29, 1.82) is 0 Å². The summed E-state index contributed by atoms with van der Waals surface area (Å²) in [6, 6.07) is 20.5. The van der Waals surface area contributed by atoms with Crippen LogP contribution in [0.3, 0.4) is 0 Å². The smallest absolute Gasteiger partial charge is 0.255 e. The molecular formula is C26H29N5O. The van der Waals surface area contributed by atoms with E-state index in [4.69, 9.17) is 0 Å². The highest BCUT2D eigenvalue weighted by atomic mass is 16.1. The Labute approximate surface area is 188 Å². The Kier molecular flexibility index (Phi) is 6.21. The molecular weight excluding hydrogens is 398 g/mol. The van der Waals surface area contributed by atoms with Crippen LogP contribution in [0.4, 0.5) is 0 Å². The Morgan fingerprint density at radius 2 is 1.50 bits per heavy atom. The van der Waals surface area contributed by atoms with E-state index >= 15 is 0 Å². The maximum atomic E-state index is 13.0. The van der Waals surface area contributed by atoms with Crippen molar-refractivity contribution < 1.29 is 4.79 Å². The van der Waals surface area contributed by atoms with E-state index in [9.17, 15) is 4.79 Å². The first-order valence-corrected chi connectivity index (χ1v) is 10.9. The molecule has 2 aromatic heterocycles. The zero-order valence-corrected chi connectivity index (χ0v) is 19.1. The molecule has 6 nitrogen and oxygen atoms in total. The van der Waals surface area contributed by atoms with Crippen LogP contribution < -0.4 is 5.32 Å². The molecule has 4 aromatic rings. The van der Waals surface area contributed by atoms with Crippen LogP contribution in [0.2, 0.25) is 0 Å². The van der Waals surface area contributed by atoms with Crippen LogP contribution in [0.5, 0.6) is 0 Å². The predicted molar refractivity (Wildman–Crippen MR) is 126 cm³/mol. The van der Waals surface area contributed by atoms with Crippen LogP contribution in [-0.2, 0) is 19.6 Å². The van der Waals surface area contributed by atoms with Gasteiger partial charge >= 0.3 is 0 Å². The van der Waals surface area contributed by atoms with E-state index in [-0.39, 0.29) is 5.91 Å². The first-order chi connectivity index (χ1) is 15.4. The molecule has 6 heteroatoms. The Morgan fingerprint density at radius 1 is 0.812 bits per heavy atom. The number of nitrogens with zero attached hydrogens (tertiary/aromatic N) is 4. The van der Waals surface area contributed by atoms with Gasteiger partial charge in [-0.1, -0.05) is 54.6 Å². The fourth-order valence-corrected chi connectivity index (χ4v) is 4.05. The van der Waals surface area contributed by atoms with Crippen molar-refractivity contribution in [3.05, 3.63) is 106 Å². The fourth-order valence-electron chi connectivity index (χ4n) is 4.05. The molecule has 0 aliphatic rings. The van der Waals surface area contributed by atoms with Gasteiger partial charge in [0.2, 0.25) is 0 Å². The number of hydrogen-bond donors (Lipinski definition) is 1. The van der Waals surface area contributed by atoms with Crippen molar-refractivity contribution in [1.82, 2.24) is 24.9 Å². The molecule has 0 bridgehead atoms. The van der Waals surface area contributed by atoms with Gasteiger partial charge in [-0.25, -0.2) is 0 Å². The summed E-state index contributed by atoms with van der Waals surface area (Å²) in [6.07, 6.45) is 0. The lowest BCUT2D eigenvalue weighted by atomic mass is 10.1. The minimum absolute atomic E-state index is 0.0942. The van der Waals surface area contributed by atoms with Crippen molar-refractivity contribution in [2.45, 2.75) is 47.3 Å². The molecule has 0 saturated heterocycles. The molecule has 1 amide bonds. The predicted octanol–water partition coefficient (Wildman–Crippen LogP) is 4.34. The molecule has 0 aliphatic heterocycles. The SMILES string of the molecule is Cc1cc(C)n(Cc2cccc(CNC(=O)c3c(C)nn(Cc4ccccc4)c3C)c2)n1. The van der Waals surface area contributed by atoms with E-state index in [1.165, 1.54) is 0 Å². The van der Waals surface area contributed by atoms with Gasteiger partial charge in [0.15, 0.2) is 0 Å². The molecule has 0 unspecified atom stereocenters. The average Bonchev–Trinajstić information content (AvgIpc) is 3.23. The maximum Gasteiger partial charge on any atom is 0.255 e. The molecule has 1 N–H and O–H groups in total. The van der Waals surface area contributed by atoms with Crippen molar-refractivity contribution in [3.8, 4) is 0 Å². The average molecular weight is 428 g/mol. The fraction of sp³-hybridized carbons (Fsp3) is 0.269. The molecule has 4 rings (SSSR count). The number of carbonyl (C=O) groups is 1. The molecule has 2 heterocycles. The summed E-state index contributed by atoms with van der Waals surface area (Å²) in [6.45, 7) is 9.73. The number of amides is 1. The molecule has 164 valence electrons. The van der Waals surface area contributed by atoms with Crippen LogP contribution >= 0.6 is 0 Å². The van der Waals surface area contributed by atoms with Gasteiger partial charge in [0.25, 0.3) is 5.91 Å². The third kappa shape index (κ3) is 4.80. The first kappa shape index (κ1) is 21.6. The highest BCUT2D eigenvalue weighted by Gasteiger charge is 2.18. The van der Waals surface area contributed by atoms with Crippen molar-refractivity contribution in [3.63, 3.8) is 0 Å². The third-order valence-corrected chi connectivity index (χ3v) is 5.66. The largest absolute Gasteiger partial charge is 0.348 e. The number of rotatable bonds is 7. The number of nitrogens with one attached hydrogen (secondary N) is 1. The number of aryl methyl sites for hydroxylation is 3. The Morgan fingerprint density at radius 3 is 2.22 bits per heavy atom. The van der Waals surface area contributed by atoms with Gasteiger partial charge in [0, 0.05) is 17.9 Å². The molecule has 0 saturated carbocycles. The first-order valence-electron chi connectivity index (χ1n) is 10.9. The van der Waals surface area contributed by atoms with Crippen molar-refractivity contribution in [2.75, 3.05) is 0 Å². The highest BCUT2D eigenvalue weighted by Crippen LogP contribution is 2.16. The van der Waals surface area contributed by atoms with Gasteiger partial charge in [-0.15, -0.1) is 0 Å². The van der Waals surface area contributed by atoms with Gasteiger partial charge in [-0.3, -0.25) is 14.2 Å². The summed E-state index contributed by atoms with van der Waals surface area (Å²) in [5.74, 6) is -0.0942. The standard InChI is InChI=1S/C26H29N5O/c1-18-13-19(2)30(28-18)17-24-12-8-11-23(14-24)15-27-26(32)25-20(3)29-31(21(25)4)16-22-9-6-5-7-10-22/h5-14H,15-17H2,1-4H3,(H,27,32). The van der Waals surface area contributed by atoms with Gasteiger partial charge in [-0.2, -0.15) is 10.2 Å². The van der Waals surface area contributed by atoms with E-state index < -0.39 is 0 Å².